The van der Waals surface area contributed by atoms with Crippen molar-refractivity contribution in [3.05, 3.63) is 60.2 Å². The zero-order valence-corrected chi connectivity index (χ0v) is 20.0. The van der Waals surface area contributed by atoms with E-state index >= 15 is 0 Å². The minimum Gasteiger partial charge on any atom is -0.341 e. The summed E-state index contributed by atoms with van der Waals surface area (Å²) in [7, 11) is 0. The van der Waals surface area contributed by atoms with Crippen LogP contribution >= 0.6 is 0 Å². The summed E-state index contributed by atoms with van der Waals surface area (Å²) in [5.41, 5.74) is 7.48. The number of benzene rings is 2. The van der Waals surface area contributed by atoms with Gasteiger partial charge in [-0.05, 0) is 62.1 Å². The monoisotopic (exact) mass is 455 g/mol. The van der Waals surface area contributed by atoms with Crippen LogP contribution in [0.15, 0.2) is 59.7 Å². The number of rotatable bonds is 6. The first-order valence-electron chi connectivity index (χ1n) is 12.5. The van der Waals surface area contributed by atoms with Crippen molar-refractivity contribution in [1.29, 1.82) is 0 Å². The van der Waals surface area contributed by atoms with Crippen LogP contribution in [0.2, 0.25) is 0 Å². The van der Waals surface area contributed by atoms with E-state index in [9.17, 15) is 0 Å². The summed E-state index contributed by atoms with van der Waals surface area (Å²) in [6, 6.07) is 18.9. The van der Waals surface area contributed by atoms with Gasteiger partial charge in [-0.15, -0.1) is 0 Å². The SMILES string of the molecule is CC(=NNc1nc(N2CCCCC2)nc(N2CCCCC2)n1)c1ccc(-c2ccccc2)cc1. The van der Waals surface area contributed by atoms with Gasteiger partial charge in [-0.2, -0.15) is 20.1 Å². The van der Waals surface area contributed by atoms with Gasteiger partial charge in [-0.3, -0.25) is 0 Å². The lowest BCUT2D eigenvalue weighted by Gasteiger charge is -2.30. The largest absolute Gasteiger partial charge is 0.341 e. The summed E-state index contributed by atoms with van der Waals surface area (Å²) in [6.07, 6.45) is 7.29. The Kier molecular flexibility index (Phi) is 6.98. The molecule has 0 saturated carbocycles. The van der Waals surface area contributed by atoms with Gasteiger partial charge in [0, 0.05) is 26.2 Å². The van der Waals surface area contributed by atoms with Gasteiger partial charge in [-0.25, -0.2) is 5.43 Å². The normalized spacial score (nSPS) is 17.0. The van der Waals surface area contributed by atoms with E-state index in [1.165, 1.54) is 49.7 Å². The highest BCUT2D eigenvalue weighted by molar-refractivity contribution is 5.99. The predicted octanol–water partition coefficient (Wildman–Crippen LogP) is 5.36. The van der Waals surface area contributed by atoms with Crippen LogP contribution < -0.4 is 15.2 Å². The topological polar surface area (TPSA) is 69.5 Å². The van der Waals surface area contributed by atoms with Crippen molar-refractivity contribution < 1.29 is 0 Å². The van der Waals surface area contributed by atoms with Crippen LogP contribution in [0.1, 0.15) is 51.0 Å². The first-order valence-corrected chi connectivity index (χ1v) is 12.5. The predicted molar refractivity (Wildman–Crippen MR) is 140 cm³/mol. The van der Waals surface area contributed by atoms with Crippen molar-refractivity contribution in [2.24, 2.45) is 5.10 Å². The third-order valence-electron chi connectivity index (χ3n) is 6.62. The Morgan fingerprint density at radius 1 is 0.676 bits per heavy atom. The van der Waals surface area contributed by atoms with Crippen LogP contribution in [-0.4, -0.2) is 46.8 Å². The molecule has 0 bridgehead atoms. The summed E-state index contributed by atoms with van der Waals surface area (Å²) in [5, 5.41) is 4.62. The molecule has 2 aliphatic heterocycles. The van der Waals surface area contributed by atoms with Crippen LogP contribution in [0.5, 0.6) is 0 Å². The van der Waals surface area contributed by atoms with Crippen LogP contribution in [-0.2, 0) is 0 Å². The molecule has 3 aromatic rings. The lowest BCUT2D eigenvalue weighted by Crippen LogP contribution is -2.34. The lowest BCUT2D eigenvalue weighted by atomic mass is 10.0. The summed E-state index contributed by atoms with van der Waals surface area (Å²) < 4.78 is 0. The first kappa shape index (κ1) is 22.3. The molecule has 0 radical (unpaired) electrons. The fourth-order valence-corrected chi connectivity index (χ4v) is 4.61. The molecule has 176 valence electrons. The Labute approximate surface area is 202 Å². The molecule has 0 aliphatic carbocycles. The third-order valence-corrected chi connectivity index (χ3v) is 6.62. The number of hydrogen-bond acceptors (Lipinski definition) is 7. The zero-order chi connectivity index (χ0) is 23.2. The van der Waals surface area contributed by atoms with E-state index in [-0.39, 0.29) is 0 Å². The molecule has 2 aliphatic rings. The molecule has 7 nitrogen and oxygen atoms in total. The summed E-state index contributed by atoms with van der Waals surface area (Å²) in [6.45, 7) is 6.00. The smallest absolute Gasteiger partial charge is 0.250 e. The van der Waals surface area contributed by atoms with Crippen LogP contribution in [0.3, 0.4) is 0 Å². The van der Waals surface area contributed by atoms with Crippen LogP contribution in [0, 0.1) is 0 Å². The maximum atomic E-state index is 4.85. The van der Waals surface area contributed by atoms with Gasteiger partial charge >= 0.3 is 0 Å². The first-order chi connectivity index (χ1) is 16.8. The molecule has 2 aromatic carbocycles. The number of nitrogens with zero attached hydrogens (tertiary/aromatic N) is 6. The second kappa shape index (κ2) is 10.6. The second-order valence-corrected chi connectivity index (χ2v) is 9.11. The molecule has 3 heterocycles. The number of nitrogens with one attached hydrogen (secondary N) is 1. The fraction of sp³-hybridized carbons (Fsp3) is 0.407. The Hall–Kier alpha value is -3.48. The van der Waals surface area contributed by atoms with Gasteiger partial charge < -0.3 is 9.80 Å². The molecule has 0 amide bonds. The lowest BCUT2D eigenvalue weighted by molar-refractivity contribution is 0.556. The Bertz CT molecular complexity index is 1060. The molecular weight excluding hydrogens is 422 g/mol. The van der Waals surface area contributed by atoms with Gasteiger partial charge in [0.1, 0.15) is 0 Å². The van der Waals surface area contributed by atoms with E-state index in [1.807, 2.05) is 13.0 Å². The van der Waals surface area contributed by atoms with Crippen molar-refractivity contribution in [1.82, 2.24) is 15.0 Å². The van der Waals surface area contributed by atoms with Crippen molar-refractivity contribution >= 4 is 23.6 Å². The fourth-order valence-electron chi connectivity index (χ4n) is 4.61. The second-order valence-electron chi connectivity index (χ2n) is 9.11. The van der Waals surface area contributed by atoms with Gasteiger partial charge in [0.15, 0.2) is 0 Å². The number of hydrazone groups is 1. The van der Waals surface area contributed by atoms with Gasteiger partial charge in [-0.1, -0.05) is 54.6 Å². The van der Waals surface area contributed by atoms with E-state index in [1.54, 1.807) is 0 Å². The van der Waals surface area contributed by atoms with Gasteiger partial charge in [0.05, 0.1) is 5.71 Å². The Balaban J connectivity index is 1.35. The molecule has 0 spiro atoms. The van der Waals surface area contributed by atoms with Crippen molar-refractivity contribution in [2.75, 3.05) is 41.4 Å². The molecule has 1 aromatic heterocycles. The molecule has 1 N–H and O–H groups in total. The molecule has 34 heavy (non-hydrogen) atoms. The minimum absolute atomic E-state index is 0.511. The maximum Gasteiger partial charge on any atom is 0.250 e. The molecule has 2 fully saturated rings. The highest BCUT2D eigenvalue weighted by atomic mass is 15.4. The molecule has 0 atom stereocenters. The quantitative estimate of drug-likeness (QED) is 0.399. The van der Waals surface area contributed by atoms with E-state index < -0.39 is 0 Å². The van der Waals surface area contributed by atoms with Crippen molar-refractivity contribution in [3.63, 3.8) is 0 Å². The van der Waals surface area contributed by atoms with Gasteiger partial charge in [0.25, 0.3) is 0 Å². The molecule has 0 unspecified atom stereocenters. The molecule has 2 saturated heterocycles. The van der Waals surface area contributed by atoms with E-state index in [0.29, 0.717) is 5.95 Å². The summed E-state index contributed by atoms with van der Waals surface area (Å²) in [5.74, 6) is 2.03. The number of piperidine rings is 2. The highest BCUT2D eigenvalue weighted by Gasteiger charge is 2.20. The highest BCUT2D eigenvalue weighted by Crippen LogP contribution is 2.23. The Morgan fingerprint density at radius 3 is 1.76 bits per heavy atom. The molecular formula is C27H33N7. The van der Waals surface area contributed by atoms with E-state index in [0.717, 1.165) is 49.4 Å². The van der Waals surface area contributed by atoms with Crippen molar-refractivity contribution in [3.8, 4) is 11.1 Å². The Morgan fingerprint density at radius 2 is 1.21 bits per heavy atom. The zero-order valence-electron chi connectivity index (χ0n) is 20.0. The van der Waals surface area contributed by atoms with Gasteiger partial charge in [0.2, 0.25) is 17.8 Å². The van der Waals surface area contributed by atoms with Crippen LogP contribution in [0.25, 0.3) is 11.1 Å². The summed E-state index contributed by atoms with van der Waals surface area (Å²) >= 11 is 0. The average molecular weight is 456 g/mol. The molecule has 7 heteroatoms. The minimum atomic E-state index is 0.511. The number of hydrogen-bond donors (Lipinski definition) is 1. The van der Waals surface area contributed by atoms with E-state index in [4.69, 9.17) is 15.0 Å². The molecule has 5 rings (SSSR count). The third kappa shape index (κ3) is 5.35. The van der Waals surface area contributed by atoms with E-state index in [2.05, 4.69) is 68.9 Å². The van der Waals surface area contributed by atoms with Crippen LogP contribution in [0.4, 0.5) is 17.8 Å². The standard InChI is InChI=1S/C27H33N7/c1-21(22-13-15-24(16-14-22)23-11-5-2-6-12-23)31-32-25-28-26(33-17-7-3-8-18-33)30-27(29-25)34-19-9-4-10-20-34/h2,5-6,11-16H,3-4,7-10,17-20H2,1H3,(H,28,29,30,32). The number of aromatic nitrogens is 3. The number of anilines is 3. The van der Waals surface area contributed by atoms with Crippen molar-refractivity contribution in [2.45, 2.75) is 45.4 Å². The summed E-state index contributed by atoms with van der Waals surface area (Å²) in [4.78, 5) is 18.9. The average Bonchev–Trinajstić information content (AvgIpc) is 2.93. The maximum absolute atomic E-state index is 4.85.